The van der Waals surface area contributed by atoms with Crippen molar-refractivity contribution in [2.45, 2.75) is 45.1 Å². The average molecular weight is 213 g/mol. The van der Waals surface area contributed by atoms with Crippen LogP contribution in [0.4, 0.5) is 4.79 Å². The molecule has 5 nitrogen and oxygen atoms in total. The highest BCUT2D eigenvalue weighted by atomic mass is 16.7. The molecular weight excluding hydrogens is 194 g/mol. The number of nitrogens with two attached hydrogens (primary N) is 1. The number of carbonyl (C=O) groups is 1. The molecule has 1 aliphatic rings. The van der Waals surface area contributed by atoms with Crippen LogP contribution < -0.4 is 11.1 Å². The number of carbonyl (C=O) groups excluding carboxylic acids is 1. The topological polar surface area (TPSA) is 76.7 Å². The SMILES string of the molecule is CC(CN)=NOC(=O)NC1CCCCC1. The lowest BCUT2D eigenvalue weighted by Gasteiger charge is -2.21. The molecule has 0 saturated heterocycles. The minimum atomic E-state index is -0.477. The maximum absolute atomic E-state index is 11.3. The molecule has 3 N–H and O–H groups in total. The molecule has 5 heteroatoms. The summed E-state index contributed by atoms with van der Waals surface area (Å²) >= 11 is 0. The minimum absolute atomic E-state index is 0.250. The summed E-state index contributed by atoms with van der Waals surface area (Å²) in [7, 11) is 0. The van der Waals surface area contributed by atoms with Crippen LogP contribution in [0.15, 0.2) is 5.16 Å². The van der Waals surface area contributed by atoms with E-state index in [0.717, 1.165) is 12.8 Å². The fraction of sp³-hybridized carbons (Fsp3) is 0.800. The van der Waals surface area contributed by atoms with Gasteiger partial charge in [-0.2, -0.15) is 0 Å². The van der Waals surface area contributed by atoms with Gasteiger partial charge in [-0.25, -0.2) is 4.79 Å². The summed E-state index contributed by atoms with van der Waals surface area (Å²) < 4.78 is 0. The molecule has 0 bridgehead atoms. The molecule has 0 aromatic carbocycles. The van der Waals surface area contributed by atoms with E-state index in [1.807, 2.05) is 0 Å². The highest BCUT2D eigenvalue weighted by molar-refractivity contribution is 5.83. The Morgan fingerprint density at radius 3 is 2.73 bits per heavy atom. The predicted octanol–water partition coefficient (Wildman–Crippen LogP) is 1.38. The van der Waals surface area contributed by atoms with Crippen molar-refractivity contribution < 1.29 is 9.63 Å². The number of hydrogen-bond acceptors (Lipinski definition) is 4. The van der Waals surface area contributed by atoms with Gasteiger partial charge in [-0.15, -0.1) is 0 Å². The molecule has 0 heterocycles. The Hall–Kier alpha value is -1.10. The molecule has 15 heavy (non-hydrogen) atoms. The van der Waals surface area contributed by atoms with Crippen LogP contribution in [-0.4, -0.2) is 24.4 Å². The van der Waals surface area contributed by atoms with E-state index >= 15 is 0 Å². The smallest absolute Gasteiger partial charge is 0.325 e. The van der Waals surface area contributed by atoms with Crippen molar-refractivity contribution in [3.63, 3.8) is 0 Å². The molecule has 0 aromatic heterocycles. The van der Waals surface area contributed by atoms with Crippen LogP contribution in [0.25, 0.3) is 0 Å². The lowest BCUT2D eigenvalue weighted by molar-refractivity contribution is 0.143. The highest BCUT2D eigenvalue weighted by Crippen LogP contribution is 2.17. The first-order valence-electron chi connectivity index (χ1n) is 5.43. The third-order valence-electron chi connectivity index (χ3n) is 2.51. The van der Waals surface area contributed by atoms with Crippen LogP contribution in [0.3, 0.4) is 0 Å². The number of oxime groups is 1. The largest absolute Gasteiger partial charge is 0.433 e. The first-order valence-corrected chi connectivity index (χ1v) is 5.43. The van der Waals surface area contributed by atoms with Crippen LogP contribution in [-0.2, 0) is 4.84 Å². The van der Waals surface area contributed by atoms with Gasteiger partial charge in [0, 0.05) is 12.6 Å². The first-order chi connectivity index (χ1) is 7.22. The second-order valence-corrected chi connectivity index (χ2v) is 3.89. The molecule has 1 fully saturated rings. The van der Waals surface area contributed by atoms with Gasteiger partial charge in [-0.3, -0.25) is 4.84 Å². The molecule has 0 radical (unpaired) electrons. The van der Waals surface area contributed by atoms with E-state index < -0.39 is 6.09 Å². The molecule has 1 saturated carbocycles. The van der Waals surface area contributed by atoms with Crippen LogP contribution >= 0.6 is 0 Å². The summed E-state index contributed by atoms with van der Waals surface area (Å²) in [6.07, 6.45) is 5.21. The monoisotopic (exact) mass is 213 g/mol. The second-order valence-electron chi connectivity index (χ2n) is 3.89. The Balaban J connectivity index is 2.22. The van der Waals surface area contributed by atoms with Crippen molar-refractivity contribution in [2.24, 2.45) is 10.9 Å². The van der Waals surface area contributed by atoms with Gasteiger partial charge in [0.1, 0.15) is 0 Å². The molecule has 0 aliphatic heterocycles. The van der Waals surface area contributed by atoms with Crippen molar-refractivity contribution in [3.8, 4) is 0 Å². The van der Waals surface area contributed by atoms with Crippen molar-refractivity contribution in [2.75, 3.05) is 6.54 Å². The predicted molar refractivity (Wildman–Crippen MR) is 58.7 cm³/mol. The van der Waals surface area contributed by atoms with Crippen LogP contribution in [0.2, 0.25) is 0 Å². The molecule has 0 aromatic rings. The lowest BCUT2D eigenvalue weighted by Crippen LogP contribution is -2.36. The first kappa shape index (κ1) is 12.0. The van der Waals surface area contributed by atoms with Crippen LogP contribution in [0.1, 0.15) is 39.0 Å². The molecule has 0 spiro atoms. The van der Waals surface area contributed by atoms with Gasteiger partial charge in [-0.1, -0.05) is 24.4 Å². The zero-order valence-corrected chi connectivity index (χ0v) is 9.16. The van der Waals surface area contributed by atoms with Crippen LogP contribution in [0.5, 0.6) is 0 Å². The molecule has 0 unspecified atom stereocenters. The van der Waals surface area contributed by atoms with Gasteiger partial charge in [0.05, 0.1) is 5.71 Å². The average Bonchev–Trinajstić information content (AvgIpc) is 2.27. The van der Waals surface area contributed by atoms with E-state index in [1.165, 1.54) is 19.3 Å². The number of hydrogen-bond donors (Lipinski definition) is 2. The van der Waals surface area contributed by atoms with E-state index in [2.05, 4.69) is 15.3 Å². The van der Waals surface area contributed by atoms with Crippen molar-refractivity contribution in [1.82, 2.24) is 5.32 Å². The highest BCUT2D eigenvalue weighted by Gasteiger charge is 2.16. The van der Waals surface area contributed by atoms with Crippen molar-refractivity contribution >= 4 is 11.8 Å². The molecule has 1 amide bonds. The third-order valence-corrected chi connectivity index (χ3v) is 2.51. The van der Waals surface area contributed by atoms with E-state index in [4.69, 9.17) is 5.73 Å². The summed E-state index contributed by atoms with van der Waals surface area (Å²) in [5.41, 5.74) is 5.91. The Kier molecular flexibility index (Phi) is 5.10. The number of rotatable bonds is 3. The summed E-state index contributed by atoms with van der Waals surface area (Å²) in [5.74, 6) is 0. The van der Waals surface area contributed by atoms with Gasteiger partial charge in [0.2, 0.25) is 0 Å². The van der Waals surface area contributed by atoms with E-state index in [1.54, 1.807) is 6.92 Å². The van der Waals surface area contributed by atoms with Crippen LogP contribution in [0, 0.1) is 0 Å². The molecule has 0 atom stereocenters. The molecule has 1 aliphatic carbocycles. The Morgan fingerprint density at radius 2 is 2.13 bits per heavy atom. The van der Waals surface area contributed by atoms with Gasteiger partial charge in [0.25, 0.3) is 0 Å². The van der Waals surface area contributed by atoms with Gasteiger partial charge in [-0.05, 0) is 19.8 Å². The quantitative estimate of drug-likeness (QED) is 0.422. The standard InChI is InChI=1S/C10H19N3O2/c1-8(7-11)13-15-10(14)12-9-5-3-2-4-6-9/h9H,2-7,11H2,1H3,(H,12,14). The summed E-state index contributed by atoms with van der Waals surface area (Å²) in [5, 5.41) is 6.38. The normalized spacial score (nSPS) is 18.7. The van der Waals surface area contributed by atoms with E-state index in [9.17, 15) is 4.79 Å². The maximum Gasteiger partial charge on any atom is 0.433 e. The fourth-order valence-electron chi connectivity index (χ4n) is 1.60. The van der Waals surface area contributed by atoms with Gasteiger partial charge >= 0.3 is 6.09 Å². The summed E-state index contributed by atoms with van der Waals surface area (Å²) in [6.45, 7) is 2.02. The summed E-state index contributed by atoms with van der Waals surface area (Å²) in [6, 6.07) is 0.250. The third kappa shape index (κ3) is 4.78. The second kappa shape index (κ2) is 6.40. The molecule has 1 rings (SSSR count). The van der Waals surface area contributed by atoms with Crippen molar-refractivity contribution in [3.05, 3.63) is 0 Å². The zero-order chi connectivity index (χ0) is 11.1. The number of nitrogens with zero attached hydrogens (tertiary/aromatic N) is 1. The minimum Gasteiger partial charge on any atom is -0.325 e. The lowest BCUT2D eigenvalue weighted by atomic mass is 9.96. The number of amides is 1. The van der Waals surface area contributed by atoms with Gasteiger partial charge < -0.3 is 11.1 Å². The zero-order valence-electron chi connectivity index (χ0n) is 9.16. The molecule has 86 valence electrons. The Labute approximate surface area is 90.0 Å². The van der Waals surface area contributed by atoms with Crippen molar-refractivity contribution in [1.29, 1.82) is 0 Å². The van der Waals surface area contributed by atoms with Gasteiger partial charge in [0.15, 0.2) is 0 Å². The van der Waals surface area contributed by atoms with E-state index in [-0.39, 0.29) is 6.04 Å². The Bertz CT molecular complexity index is 235. The Morgan fingerprint density at radius 1 is 1.47 bits per heavy atom. The summed E-state index contributed by atoms with van der Waals surface area (Å²) in [4.78, 5) is 15.9. The fourth-order valence-corrected chi connectivity index (χ4v) is 1.60. The molecular formula is C10H19N3O2. The van der Waals surface area contributed by atoms with E-state index in [0.29, 0.717) is 12.3 Å². The number of nitrogens with one attached hydrogen (secondary N) is 1. The maximum atomic E-state index is 11.3.